The molecule has 20 heavy (non-hydrogen) atoms. The second kappa shape index (κ2) is 5.58. The Morgan fingerprint density at radius 3 is 3.00 bits per heavy atom. The van der Waals surface area contributed by atoms with Gasteiger partial charge in [0, 0.05) is 12.1 Å². The lowest BCUT2D eigenvalue weighted by atomic mass is 9.97. The average molecular weight is 290 g/mol. The van der Waals surface area contributed by atoms with Crippen LogP contribution in [-0.4, -0.2) is 15.6 Å². The van der Waals surface area contributed by atoms with E-state index in [2.05, 4.69) is 34.8 Å². The van der Waals surface area contributed by atoms with Gasteiger partial charge in [0.2, 0.25) is 0 Å². The number of benzene rings is 1. The lowest BCUT2D eigenvalue weighted by Crippen LogP contribution is -2.35. The molecule has 2 unspecified atom stereocenters. The molecule has 0 spiro atoms. The molecule has 1 saturated heterocycles. The summed E-state index contributed by atoms with van der Waals surface area (Å²) in [6.07, 6.45) is 7.46. The molecule has 3 nitrogen and oxygen atoms in total. The van der Waals surface area contributed by atoms with E-state index in [-0.39, 0.29) is 0 Å². The maximum Gasteiger partial charge on any atom is 0.0995 e. The van der Waals surface area contributed by atoms with E-state index >= 15 is 0 Å². The second-order valence-corrected chi connectivity index (χ2v) is 6.10. The standard InChI is InChI=1S/C16H20ClN3/c1-11-6-7-13(17)15(8-11)20-10-18-9-16(20)14-5-3-4-12(2)19-14/h6-10,12,14,19H,3-5H2,1-2H3. The molecule has 4 heteroatoms. The van der Waals surface area contributed by atoms with Crippen LogP contribution < -0.4 is 5.32 Å². The topological polar surface area (TPSA) is 29.9 Å². The molecular formula is C16H20ClN3. The monoisotopic (exact) mass is 289 g/mol. The third kappa shape index (κ3) is 2.60. The number of aryl methyl sites for hydroxylation is 1. The summed E-state index contributed by atoms with van der Waals surface area (Å²) in [4.78, 5) is 4.33. The van der Waals surface area contributed by atoms with E-state index in [0.717, 1.165) is 17.1 Å². The molecule has 1 aromatic heterocycles. The first kappa shape index (κ1) is 13.7. The van der Waals surface area contributed by atoms with Crippen molar-refractivity contribution in [1.29, 1.82) is 0 Å². The third-order valence-electron chi connectivity index (χ3n) is 4.00. The fraction of sp³-hybridized carbons (Fsp3) is 0.438. The van der Waals surface area contributed by atoms with Crippen molar-refractivity contribution in [2.45, 2.75) is 45.2 Å². The van der Waals surface area contributed by atoms with E-state index in [1.807, 2.05) is 24.7 Å². The predicted octanol–water partition coefficient (Wildman–Crippen LogP) is 4.04. The van der Waals surface area contributed by atoms with Crippen molar-refractivity contribution in [3.63, 3.8) is 0 Å². The molecule has 0 amide bonds. The second-order valence-electron chi connectivity index (χ2n) is 5.69. The van der Waals surface area contributed by atoms with E-state index in [1.54, 1.807) is 0 Å². The predicted molar refractivity (Wildman–Crippen MR) is 82.5 cm³/mol. The van der Waals surface area contributed by atoms with Gasteiger partial charge in [-0.05, 0) is 50.8 Å². The Balaban J connectivity index is 1.99. The summed E-state index contributed by atoms with van der Waals surface area (Å²) in [5.74, 6) is 0. The number of nitrogens with zero attached hydrogens (tertiary/aromatic N) is 2. The van der Waals surface area contributed by atoms with Gasteiger partial charge in [-0.15, -0.1) is 0 Å². The van der Waals surface area contributed by atoms with Gasteiger partial charge in [0.25, 0.3) is 0 Å². The largest absolute Gasteiger partial charge is 0.306 e. The van der Waals surface area contributed by atoms with Crippen LogP contribution in [0.3, 0.4) is 0 Å². The van der Waals surface area contributed by atoms with Crippen LogP contribution in [0.4, 0.5) is 0 Å². The first-order valence-electron chi connectivity index (χ1n) is 7.20. The Kier molecular flexibility index (Phi) is 3.81. The molecule has 1 aromatic carbocycles. The van der Waals surface area contributed by atoms with Crippen molar-refractivity contribution in [2.75, 3.05) is 0 Å². The number of hydrogen-bond acceptors (Lipinski definition) is 2. The summed E-state index contributed by atoms with van der Waals surface area (Å²) < 4.78 is 2.12. The summed E-state index contributed by atoms with van der Waals surface area (Å²) in [5.41, 5.74) is 3.41. The Morgan fingerprint density at radius 1 is 1.35 bits per heavy atom. The van der Waals surface area contributed by atoms with Crippen LogP contribution in [0.5, 0.6) is 0 Å². The molecule has 0 saturated carbocycles. The van der Waals surface area contributed by atoms with Crippen molar-refractivity contribution in [3.05, 3.63) is 47.0 Å². The highest BCUT2D eigenvalue weighted by molar-refractivity contribution is 6.32. The highest BCUT2D eigenvalue weighted by Gasteiger charge is 2.23. The van der Waals surface area contributed by atoms with Crippen LogP contribution >= 0.6 is 11.6 Å². The summed E-state index contributed by atoms with van der Waals surface area (Å²) in [6, 6.07) is 7.01. The molecule has 2 atom stereocenters. The van der Waals surface area contributed by atoms with Gasteiger partial charge in [-0.3, -0.25) is 0 Å². The number of rotatable bonds is 2. The number of piperidine rings is 1. The van der Waals surface area contributed by atoms with Gasteiger partial charge in [-0.1, -0.05) is 17.7 Å². The van der Waals surface area contributed by atoms with Crippen molar-refractivity contribution in [2.24, 2.45) is 0 Å². The van der Waals surface area contributed by atoms with Gasteiger partial charge in [-0.25, -0.2) is 4.98 Å². The van der Waals surface area contributed by atoms with Crippen molar-refractivity contribution in [3.8, 4) is 5.69 Å². The fourth-order valence-electron chi connectivity index (χ4n) is 2.94. The summed E-state index contributed by atoms with van der Waals surface area (Å²) in [5, 5.41) is 4.42. The van der Waals surface area contributed by atoms with Gasteiger partial charge < -0.3 is 9.88 Å². The zero-order valence-electron chi connectivity index (χ0n) is 11.9. The van der Waals surface area contributed by atoms with E-state index < -0.39 is 0 Å². The lowest BCUT2D eigenvalue weighted by Gasteiger charge is -2.29. The first-order chi connectivity index (χ1) is 9.65. The smallest absolute Gasteiger partial charge is 0.0995 e. The van der Waals surface area contributed by atoms with Crippen molar-refractivity contribution >= 4 is 11.6 Å². The van der Waals surface area contributed by atoms with Crippen LogP contribution in [0, 0.1) is 6.92 Å². The SMILES string of the molecule is Cc1ccc(Cl)c(-n2cncc2C2CCCC(C)N2)c1. The highest BCUT2D eigenvalue weighted by atomic mass is 35.5. The van der Waals surface area contributed by atoms with Crippen LogP contribution in [0.2, 0.25) is 5.02 Å². The van der Waals surface area contributed by atoms with Crippen molar-refractivity contribution < 1.29 is 0 Å². The number of aromatic nitrogens is 2. The zero-order valence-corrected chi connectivity index (χ0v) is 12.7. The Labute approximate surface area is 125 Å². The van der Waals surface area contributed by atoms with Gasteiger partial charge in [0.15, 0.2) is 0 Å². The molecule has 1 fully saturated rings. The van der Waals surface area contributed by atoms with Gasteiger partial charge in [0.1, 0.15) is 0 Å². The number of hydrogen-bond donors (Lipinski definition) is 1. The minimum absolute atomic E-state index is 0.359. The summed E-state index contributed by atoms with van der Waals surface area (Å²) in [6.45, 7) is 4.32. The van der Waals surface area contributed by atoms with Crippen LogP contribution in [-0.2, 0) is 0 Å². The quantitative estimate of drug-likeness (QED) is 0.904. The number of halogens is 1. The number of nitrogens with one attached hydrogen (secondary N) is 1. The van der Waals surface area contributed by atoms with Crippen LogP contribution in [0.25, 0.3) is 5.69 Å². The summed E-state index contributed by atoms with van der Waals surface area (Å²) in [7, 11) is 0. The van der Waals surface area contributed by atoms with Gasteiger partial charge in [0.05, 0.1) is 28.9 Å². The highest BCUT2D eigenvalue weighted by Crippen LogP contribution is 2.29. The van der Waals surface area contributed by atoms with Crippen LogP contribution in [0.15, 0.2) is 30.7 Å². The average Bonchev–Trinajstić information content (AvgIpc) is 2.90. The molecule has 2 aromatic rings. The first-order valence-corrected chi connectivity index (χ1v) is 7.58. The molecule has 2 heterocycles. The van der Waals surface area contributed by atoms with Crippen molar-refractivity contribution in [1.82, 2.24) is 14.9 Å². The minimum atomic E-state index is 0.359. The molecule has 0 aliphatic carbocycles. The lowest BCUT2D eigenvalue weighted by molar-refractivity contribution is 0.334. The molecule has 1 aliphatic rings. The Hall–Kier alpha value is -1.32. The number of imidazole rings is 1. The molecule has 3 rings (SSSR count). The van der Waals surface area contributed by atoms with Crippen LogP contribution in [0.1, 0.15) is 43.5 Å². The summed E-state index contributed by atoms with van der Waals surface area (Å²) >= 11 is 6.36. The van der Waals surface area contributed by atoms with E-state index in [4.69, 9.17) is 11.6 Å². The van der Waals surface area contributed by atoms with E-state index in [1.165, 1.54) is 24.1 Å². The molecule has 106 valence electrons. The molecular weight excluding hydrogens is 270 g/mol. The molecule has 0 bridgehead atoms. The van der Waals surface area contributed by atoms with E-state index in [0.29, 0.717) is 12.1 Å². The molecule has 1 aliphatic heterocycles. The van der Waals surface area contributed by atoms with Gasteiger partial charge >= 0.3 is 0 Å². The van der Waals surface area contributed by atoms with E-state index in [9.17, 15) is 0 Å². The Morgan fingerprint density at radius 2 is 2.20 bits per heavy atom. The maximum absolute atomic E-state index is 6.36. The zero-order chi connectivity index (χ0) is 14.1. The normalized spacial score (nSPS) is 22.9. The van der Waals surface area contributed by atoms with Gasteiger partial charge in [-0.2, -0.15) is 0 Å². The third-order valence-corrected chi connectivity index (χ3v) is 4.32. The fourth-order valence-corrected chi connectivity index (χ4v) is 3.15. The Bertz CT molecular complexity index is 606. The minimum Gasteiger partial charge on any atom is -0.306 e. The molecule has 0 radical (unpaired) electrons. The maximum atomic E-state index is 6.36. The molecule has 1 N–H and O–H groups in total.